The standard InChI is InChI=1S/C25H39N3O3S/c1-20-7-4-5-15-27(20)16-6-14-26-25(29)22-12-17-28(18-13-22)32(30,31)24-11-10-21-8-2-3-9-23(21)19-24/h10-11,19-20,22H,2-9,12-18H2,1H3,(H,26,29). The summed E-state index contributed by atoms with van der Waals surface area (Å²) >= 11 is 0. The highest BCUT2D eigenvalue weighted by Gasteiger charge is 2.32. The molecule has 1 N–H and O–H groups in total. The lowest BCUT2D eigenvalue weighted by atomic mass is 9.92. The SMILES string of the molecule is CC1CCCCN1CCCNC(=O)C1CCN(S(=O)(=O)c2ccc3c(c2)CCCC3)CC1. The highest BCUT2D eigenvalue weighted by molar-refractivity contribution is 7.89. The van der Waals surface area contributed by atoms with Gasteiger partial charge < -0.3 is 10.2 Å². The summed E-state index contributed by atoms with van der Waals surface area (Å²) in [5.41, 5.74) is 2.48. The Morgan fingerprint density at radius 1 is 1.00 bits per heavy atom. The van der Waals surface area contributed by atoms with Gasteiger partial charge in [0.05, 0.1) is 4.90 Å². The normalized spacial score (nSPS) is 23.6. The van der Waals surface area contributed by atoms with Gasteiger partial charge in [0.1, 0.15) is 0 Å². The predicted molar refractivity (Wildman–Crippen MR) is 127 cm³/mol. The molecular weight excluding hydrogens is 422 g/mol. The summed E-state index contributed by atoms with van der Waals surface area (Å²) in [5.74, 6) is 0.00131. The maximum atomic E-state index is 13.2. The van der Waals surface area contributed by atoms with E-state index in [0.29, 0.717) is 43.4 Å². The van der Waals surface area contributed by atoms with Gasteiger partial charge in [-0.15, -0.1) is 0 Å². The van der Waals surface area contributed by atoms with Crippen molar-refractivity contribution in [2.75, 3.05) is 32.7 Å². The summed E-state index contributed by atoms with van der Waals surface area (Å²) in [4.78, 5) is 15.5. The van der Waals surface area contributed by atoms with Crippen LogP contribution >= 0.6 is 0 Å². The molecule has 178 valence electrons. The molecule has 7 heteroatoms. The first kappa shape index (κ1) is 23.7. The van der Waals surface area contributed by atoms with Gasteiger partial charge in [-0.25, -0.2) is 8.42 Å². The quantitative estimate of drug-likeness (QED) is 0.632. The number of likely N-dealkylation sites (tertiary alicyclic amines) is 1. The fraction of sp³-hybridized carbons (Fsp3) is 0.720. The number of benzene rings is 1. The van der Waals surface area contributed by atoms with Crippen LogP contribution in [0.2, 0.25) is 0 Å². The van der Waals surface area contributed by atoms with Crippen molar-refractivity contribution in [3.05, 3.63) is 29.3 Å². The van der Waals surface area contributed by atoms with Crippen molar-refractivity contribution in [1.82, 2.24) is 14.5 Å². The maximum Gasteiger partial charge on any atom is 0.243 e. The van der Waals surface area contributed by atoms with E-state index in [1.165, 1.54) is 43.4 Å². The third kappa shape index (κ3) is 5.54. The zero-order valence-electron chi connectivity index (χ0n) is 19.5. The lowest BCUT2D eigenvalue weighted by Gasteiger charge is -2.33. The zero-order chi connectivity index (χ0) is 22.6. The number of hydrogen-bond acceptors (Lipinski definition) is 4. The maximum absolute atomic E-state index is 13.2. The number of carbonyl (C=O) groups excluding carboxylic acids is 1. The largest absolute Gasteiger partial charge is 0.356 e. The highest BCUT2D eigenvalue weighted by Crippen LogP contribution is 2.28. The number of carbonyl (C=O) groups is 1. The molecule has 2 saturated heterocycles. The topological polar surface area (TPSA) is 69.7 Å². The molecule has 1 aliphatic carbocycles. The van der Waals surface area contributed by atoms with Crippen LogP contribution in [0.3, 0.4) is 0 Å². The second-order valence-corrected chi connectivity index (χ2v) is 11.8. The Labute approximate surface area is 193 Å². The summed E-state index contributed by atoms with van der Waals surface area (Å²) < 4.78 is 27.9. The average Bonchev–Trinajstić information content (AvgIpc) is 2.82. The molecule has 6 nitrogen and oxygen atoms in total. The first-order valence-electron chi connectivity index (χ1n) is 12.6. The lowest BCUT2D eigenvalue weighted by molar-refractivity contribution is -0.126. The van der Waals surface area contributed by atoms with Crippen LogP contribution in [0, 0.1) is 5.92 Å². The van der Waals surface area contributed by atoms with E-state index in [0.717, 1.165) is 32.2 Å². The molecule has 4 rings (SSSR count). The highest BCUT2D eigenvalue weighted by atomic mass is 32.2. The molecule has 2 heterocycles. The smallest absolute Gasteiger partial charge is 0.243 e. The molecule has 2 aliphatic heterocycles. The molecule has 0 spiro atoms. The minimum atomic E-state index is -3.49. The molecule has 3 aliphatic rings. The van der Waals surface area contributed by atoms with E-state index < -0.39 is 10.0 Å². The van der Waals surface area contributed by atoms with Crippen molar-refractivity contribution < 1.29 is 13.2 Å². The molecule has 1 atom stereocenters. The van der Waals surface area contributed by atoms with Gasteiger partial charge in [0.2, 0.25) is 15.9 Å². The molecule has 32 heavy (non-hydrogen) atoms. The number of piperidine rings is 2. The number of nitrogens with zero attached hydrogens (tertiary/aromatic N) is 2. The molecule has 0 saturated carbocycles. The summed E-state index contributed by atoms with van der Waals surface area (Å²) in [5, 5.41) is 3.09. The van der Waals surface area contributed by atoms with E-state index in [4.69, 9.17) is 0 Å². The van der Waals surface area contributed by atoms with Gasteiger partial charge in [-0.1, -0.05) is 12.5 Å². The van der Waals surface area contributed by atoms with Crippen LogP contribution in [0.1, 0.15) is 69.4 Å². The van der Waals surface area contributed by atoms with Crippen LogP contribution in [0.25, 0.3) is 0 Å². The molecule has 1 amide bonds. The first-order valence-corrected chi connectivity index (χ1v) is 14.0. The molecule has 1 unspecified atom stereocenters. The van der Waals surface area contributed by atoms with E-state index in [2.05, 4.69) is 17.1 Å². The number of fused-ring (bicyclic) bond motifs is 1. The number of aryl methyl sites for hydroxylation is 2. The molecule has 0 aromatic heterocycles. The molecule has 1 aromatic rings. The van der Waals surface area contributed by atoms with Crippen LogP contribution in [-0.2, 0) is 27.7 Å². The predicted octanol–water partition coefficient (Wildman–Crippen LogP) is 3.35. The van der Waals surface area contributed by atoms with E-state index in [-0.39, 0.29) is 11.8 Å². The van der Waals surface area contributed by atoms with E-state index in [1.54, 1.807) is 10.4 Å². The van der Waals surface area contributed by atoms with Crippen LogP contribution in [0.5, 0.6) is 0 Å². The van der Waals surface area contributed by atoms with Gasteiger partial charge >= 0.3 is 0 Å². The van der Waals surface area contributed by atoms with Gasteiger partial charge in [-0.2, -0.15) is 4.31 Å². The monoisotopic (exact) mass is 461 g/mol. The Hall–Kier alpha value is -1.44. The minimum Gasteiger partial charge on any atom is -0.356 e. The Balaban J connectivity index is 1.23. The van der Waals surface area contributed by atoms with Gasteiger partial charge in [0, 0.05) is 38.1 Å². The summed E-state index contributed by atoms with van der Waals surface area (Å²) in [6.07, 6.45) is 10.4. The number of sulfonamides is 1. The molecule has 2 fully saturated rings. The molecule has 0 radical (unpaired) electrons. The second kappa shape index (κ2) is 10.7. The third-order valence-corrected chi connectivity index (χ3v) is 9.54. The van der Waals surface area contributed by atoms with Crippen molar-refractivity contribution in [2.24, 2.45) is 5.92 Å². The number of rotatable bonds is 7. The minimum absolute atomic E-state index is 0.0844. The Morgan fingerprint density at radius 3 is 2.50 bits per heavy atom. The lowest BCUT2D eigenvalue weighted by Crippen LogP contribution is -2.43. The average molecular weight is 462 g/mol. The van der Waals surface area contributed by atoms with Gasteiger partial charge in [0.25, 0.3) is 0 Å². The molecule has 1 aromatic carbocycles. The fourth-order valence-corrected chi connectivity index (χ4v) is 7.03. The van der Waals surface area contributed by atoms with E-state index in [9.17, 15) is 13.2 Å². The van der Waals surface area contributed by atoms with Crippen LogP contribution in [0.15, 0.2) is 23.1 Å². The van der Waals surface area contributed by atoms with Crippen molar-refractivity contribution in [1.29, 1.82) is 0 Å². The van der Waals surface area contributed by atoms with Crippen LogP contribution in [0.4, 0.5) is 0 Å². The first-order chi connectivity index (χ1) is 15.4. The Kier molecular flexibility index (Phi) is 7.90. The van der Waals surface area contributed by atoms with Crippen molar-refractivity contribution >= 4 is 15.9 Å². The molecule has 0 bridgehead atoms. The zero-order valence-corrected chi connectivity index (χ0v) is 20.3. The van der Waals surface area contributed by atoms with Gasteiger partial charge in [0.15, 0.2) is 0 Å². The van der Waals surface area contributed by atoms with Crippen molar-refractivity contribution in [3.63, 3.8) is 0 Å². The van der Waals surface area contributed by atoms with E-state index in [1.807, 2.05) is 12.1 Å². The molecular formula is C25H39N3O3S. The van der Waals surface area contributed by atoms with Gasteiger partial charge in [-0.3, -0.25) is 4.79 Å². The third-order valence-electron chi connectivity index (χ3n) is 7.64. The van der Waals surface area contributed by atoms with Crippen molar-refractivity contribution in [3.8, 4) is 0 Å². The van der Waals surface area contributed by atoms with Crippen LogP contribution < -0.4 is 5.32 Å². The van der Waals surface area contributed by atoms with Gasteiger partial charge in [-0.05, 0) is 94.5 Å². The fourth-order valence-electron chi connectivity index (χ4n) is 5.51. The summed E-state index contributed by atoms with van der Waals surface area (Å²) in [6, 6.07) is 6.29. The number of amides is 1. The van der Waals surface area contributed by atoms with Crippen LogP contribution in [-0.4, -0.2) is 62.3 Å². The van der Waals surface area contributed by atoms with Crippen molar-refractivity contribution in [2.45, 2.75) is 82.1 Å². The summed E-state index contributed by atoms with van der Waals surface area (Å²) in [6.45, 7) is 6.05. The number of nitrogens with one attached hydrogen (secondary N) is 1. The Bertz CT molecular complexity index is 894. The second-order valence-electron chi connectivity index (χ2n) is 9.84. The Morgan fingerprint density at radius 2 is 1.75 bits per heavy atom. The summed E-state index contributed by atoms with van der Waals surface area (Å²) in [7, 11) is -3.49. The number of hydrogen-bond donors (Lipinski definition) is 1. The van der Waals surface area contributed by atoms with E-state index >= 15 is 0 Å².